The van der Waals surface area contributed by atoms with Crippen LogP contribution in [0, 0.1) is 34.5 Å². The number of ketones is 2. The molecule has 37 heavy (non-hydrogen) atoms. The van der Waals surface area contributed by atoms with Gasteiger partial charge in [0.2, 0.25) is 0 Å². The number of allylic oxidation sites excluding steroid dienone is 4. The maximum atomic E-state index is 15.6. The van der Waals surface area contributed by atoms with Crippen LogP contribution in [0.1, 0.15) is 63.9 Å². The van der Waals surface area contributed by atoms with Crippen molar-refractivity contribution in [3.05, 3.63) is 52.6 Å². The van der Waals surface area contributed by atoms with Gasteiger partial charge in [-0.15, -0.1) is 0 Å². The van der Waals surface area contributed by atoms with Crippen LogP contribution >= 0.6 is 0 Å². The van der Waals surface area contributed by atoms with Crippen LogP contribution in [0.4, 0.5) is 23.2 Å². The highest BCUT2D eigenvalue weighted by Crippen LogP contribution is 2.69. The molecule has 0 aliphatic heterocycles. The standard InChI is InChI=1S/C30H31F4NO2/c1-17(36)29(12-13-30(32,33)34)11-10-25-23-15-26(31)22-14-20(37)8-9-21(22)27(23)24(16-28(25,29)2)18-4-6-19(35-3)7-5-18/h4-7,14,23-26,35H,8-11,15-16H2,1-3H3/t23-,24+,25-,26?,28-,29-/m0/s1. The molecule has 0 aromatic heterocycles. The number of Topliss-reactive ketones (excluding diaryl/α,β-unsaturated/α-hetero) is 1. The van der Waals surface area contributed by atoms with Crippen LogP contribution < -0.4 is 5.32 Å². The van der Waals surface area contributed by atoms with E-state index in [1.54, 1.807) is 0 Å². The summed E-state index contributed by atoms with van der Waals surface area (Å²) in [5.41, 5.74) is 2.07. The fraction of sp³-hybridized carbons (Fsp3) is 0.533. The number of halogens is 4. The molecule has 0 saturated heterocycles. The van der Waals surface area contributed by atoms with E-state index >= 15 is 4.39 Å². The van der Waals surface area contributed by atoms with Gasteiger partial charge in [-0.25, -0.2) is 4.39 Å². The molecule has 4 aliphatic rings. The Bertz CT molecular complexity index is 1260. The lowest BCUT2D eigenvalue weighted by molar-refractivity contribution is -0.130. The van der Waals surface area contributed by atoms with Crippen LogP contribution in [-0.4, -0.2) is 31.0 Å². The van der Waals surface area contributed by atoms with Crippen molar-refractivity contribution in [2.45, 2.75) is 70.6 Å². The summed E-state index contributed by atoms with van der Waals surface area (Å²) in [6, 6.07) is 7.88. The Morgan fingerprint density at radius 3 is 2.49 bits per heavy atom. The Morgan fingerprint density at radius 1 is 1.16 bits per heavy atom. The van der Waals surface area contributed by atoms with Crippen LogP contribution in [0.2, 0.25) is 0 Å². The third-order valence-corrected chi connectivity index (χ3v) is 9.57. The number of hydrogen-bond acceptors (Lipinski definition) is 3. The third-order valence-electron chi connectivity index (χ3n) is 9.57. The van der Waals surface area contributed by atoms with E-state index in [1.165, 1.54) is 18.9 Å². The Balaban J connectivity index is 1.72. The first-order chi connectivity index (χ1) is 17.4. The maximum Gasteiger partial charge on any atom is 0.457 e. The highest BCUT2D eigenvalue weighted by atomic mass is 19.4. The van der Waals surface area contributed by atoms with Crippen LogP contribution in [-0.2, 0) is 9.59 Å². The molecule has 5 rings (SSSR count). The third kappa shape index (κ3) is 4.04. The van der Waals surface area contributed by atoms with E-state index in [-0.39, 0.29) is 42.2 Å². The molecule has 6 atom stereocenters. The second-order valence-electron chi connectivity index (χ2n) is 11.2. The van der Waals surface area contributed by atoms with Gasteiger partial charge in [0, 0.05) is 31.0 Å². The molecule has 2 saturated carbocycles. The van der Waals surface area contributed by atoms with E-state index in [2.05, 4.69) is 11.2 Å². The summed E-state index contributed by atoms with van der Waals surface area (Å²) in [6.07, 6.45) is -2.41. The van der Waals surface area contributed by atoms with E-state index in [0.717, 1.165) is 22.4 Å². The summed E-state index contributed by atoms with van der Waals surface area (Å²) in [5.74, 6) is 2.83. The smallest absolute Gasteiger partial charge is 0.388 e. The quantitative estimate of drug-likeness (QED) is 0.361. The predicted molar refractivity (Wildman–Crippen MR) is 133 cm³/mol. The summed E-state index contributed by atoms with van der Waals surface area (Å²) in [6.45, 7) is 3.24. The monoisotopic (exact) mass is 513 g/mol. The molecule has 1 aromatic rings. The molecule has 196 valence electrons. The minimum absolute atomic E-state index is 0.0742. The molecule has 1 aromatic carbocycles. The fourth-order valence-electron chi connectivity index (χ4n) is 7.89. The second kappa shape index (κ2) is 8.85. The molecule has 3 nitrogen and oxygen atoms in total. The highest BCUT2D eigenvalue weighted by Gasteiger charge is 2.65. The molecule has 0 heterocycles. The minimum Gasteiger partial charge on any atom is -0.388 e. The number of rotatable bonds is 3. The van der Waals surface area contributed by atoms with Gasteiger partial charge in [0.05, 0.1) is 5.41 Å². The summed E-state index contributed by atoms with van der Waals surface area (Å²) < 4.78 is 55.4. The van der Waals surface area contributed by atoms with E-state index in [4.69, 9.17) is 0 Å². The molecule has 0 bridgehead atoms. The van der Waals surface area contributed by atoms with E-state index in [1.807, 2.05) is 38.2 Å². The molecular formula is C30H31F4NO2. The zero-order chi connectivity index (χ0) is 26.8. The number of carbonyl (C=O) groups excluding carboxylic acids is 2. The van der Waals surface area contributed by atoms with E-state index < -0.39 is 23.2 Å². The Hall–Kier alpha value is -2.88. The molecule has 0 amide bonds. The molecule has 2 fully saturated rings. The van der Waals surface area contributed by atoms with Crippen LogP contribution in [0.25, 0.3) is 0 Å². The lowest BCUT2D eigenvalue weighted by Gasteiger charge is -2.55. The number of fused-ring (bicyclic) bond motifs is 4. The summed E-state index contributed by atoms with van der Waals surface area (Å²) >= 11 is 0. The number of carbonyl (C=O) groups is 2. The number of alkyl halides is 4. The molecule has 1 N–H and O–H groups in total. The van der Waals surface area contributed by atoms with E-state index in [0.29, 0.717) is 31.3 Å². The van der Waals surface area contributed by atoms with Crippen LogP contribution in [0.5, 0.6) is 0 Å². The number of nitrogens with one attached hydrogen (secondary N) is 1. The average molecular weight is 514 g/mol. The van der Waals surface area contributed by atoms with Crippen molar-refractivity contribution >= 4 is 17.3 Å². The summed E-state index contributed by atoms with van der Waals surface area (Å²) in [5, 5.41) is 3.10. The van der Waals surface area contributed by atoms with Crippen LogP contribution in [0.15, 0.2) is 47.1 Å². The fourth-order valence-corrected chi connectivity index (χ4v) is 7.89. The largest absolute Gasteiger partial charge is 0.457 e. The maximum absolute atomic E-state index is 15.6. The van der Waals surface area contributed by atoms with Crippen molar-refractivity contribution in [1.82, 2.24) is 0 Å². The lowest BCUT2D eigenvalue weighted by Crippen LogP contribution is -2.51. The Kier molecular flexibility index (Phi) is 6.16. The van der Waals surface area contributed by atoms with Gasteiger partial charge in [-0.1, -0.05) is 30.6 Å². The van der Waals surface area contributed by atoms with Crippen molar-refractivity contribution < 1.29 is 27.2 Å². The van der Waals surface area contributed by atoms with Gasteiger partial charge < -0.3 is 5.32 Å². The van der Waals surface area contributed by atoms with Crippen LogP contribution in [0.3, 0.4) is 0 Å². The molecule has 1 unspecified atom stereocenters. The predicted octanol–water partition coefficient (Wildman–Crippen LogP) is 6.72. The molecule has 0 spiro atoms. The van der Waals surface area contributed by atoms with Gasteiger partial charge in [0.25, 0.3) is 0 Å². The first-order valence-corrected chi connectivity index (χ1v) is 12.9. The molecule has 7 heteroatoms. The van der Waals surface area contributed by atoms with Crippen molar-refractivity contribution in [2.75, 3.05) is 12.4 Å². The normalized spacial score (nSPS) is 35.0. The van der Waals surface area contributed by atoms with Gasteiger partial charge in [-0.2, -0.15) is 13.2 Å². The minimum atomic E-state index is -4.70. The van der Waals surface area contributed by atoms with Crippen molar-refractivity contribution in [2.24, 2.45) is 22.7 Å². The van der Waals surface area contributed by atoms with Gasteiger partial charge in [-0.3, -0.25) is 9.59 Å². The van der Waals surface area contributed by atoms with Gasteiger partial charge in [-0.05, 0) is 91.2 Å². The molecular weight excluding hydrogens is 482 g/mol. The second-order valence-corrected chi connectivity index (χ2v) is 11.2. The Morgan fingerprint density at radius 2 is 1.86 bits per heavy atom. The average Bonchev–Trinajstić information content (AvgIpc) is 3.15. The SMILES string of the molecule is CNc1ccc([C@H]2C[C@@]3(C)[C@@H](CC[C@]3(C#CC(F)(F)F)C(C)=O)[C@@H]3CC(F)C4=CC(=O)CCC4=C32)cc1. The topological polar surface area (TPSA) is 46.2 Å². The zero-order valence-electron chi connectivity index (χ0n) is 21.3. The molecule has 4 aliphatic carbocycles. The van der Waals surface area contributed by atoms with Gasteiger partial charge >= 0.3 is 6.18 Å². The Labute approximate surface area is 214 Å². The zero-order valence-corrected chi connectivity index (χ0v) is 21.3. The number of benzene rings is 1. The van der Waals surface area contributed by atoms with E-state index in [9.17, 15) is 22.8 Å². The highest BCUT2D eigenvalue weighted by molar-refractivity contribution is 5.93. The van der Waals surface area contributed by atoms with Gasteiger partial charge in [0.1, 0.15) is 12.0 Å². The number of anilines is 1. The molecule has 0 radical (unpaired) electrons. The summed E-state index contributed by atoms with van der Waals surface area (Å²) in [7, 11) is 1.82. The van der Waals surface area contributed by atoms with Gasteiger partial charge in [0.15, 0.2) is 5.78 Å². The first-order valence-electron chi connectivity index (χ1n) is 12.9. The lowest BCUT2D eigenvalue weighted by atomic mass is 9.48. The van der Waals surface area contributed by atoms with Crippen molar-refractivity contribution in [3.8, 4) is 11.8 Å². The number of hydrogen-bond donors (Lipinski definition) is 1. The van der Waals surface area contributed by atoms with Crippen molar-refractivity contribution in [3.63, 3.8) is 0 Å². The summed E-state index contributed by atoms with van der Waals surface area (Å²) in [4.78, 5) is 25.3. The first kappa shape index (κ1) is 25.8. The van der Waals surface area contributed by atoms with Crippen molar-refractivity contribution in [1.29, 1.82) is 0 Å².